The number of halogens is 3. The maximum Gasteiger partial charge on any atom is 0.511 e. The van der Waals surface area contributed by atoms with Gasteiger partial charge in [0.15, 0.2) is 11.5 Å². The highest BCUT2D eigenvalue weighted by Gasteiger charge is 2.30. The van der Waals surface area contributed by atoms with Crippen LogP contribution in [-0.4, -0.2) is 11.3 Å². The first-order chi connectivity index (χ1) is 9.86. The van der Waals surface area contributed by atoms with Crippen molar-refractivity contribution < 1.29 is 32.5 Å². The molecule has 0 saturated heterocycles. The van der Waals surface area contributed by atoms with Crippen molar-refractivity contribution in [3.05, 3.63) is 54.1 Å². The van der Waals surface area contributed by atoms with Gasteiger partial charge in [0.1, 0.15) is 5.75 Å². The second-order valence-corrected chi connectivity index (χ2v) is 3.94. The lowest BCUT2D eigenvalue weighted by Crippen LogP contribution is -2.05. The van der Waals surface area contributed by atoms with Crippen molar-refractivity contribution in [2.24, 2.45) is 0 Å². The van der Waals surface area contributed by atoms with Crippen LogP contribution in [0.3, 0.4) is 0 Å². The summed E-state index contributed by atoms with van der Waals surface area (Å²) in [6.45, 7) is 0. The molecule has 2 aromatic carbocycles. The monoisotopic (exact) mass is 298 g/mol. The molecule has 0 aliphatic heterocycles. The van der Waals surface area contributed by atoms with Gasteiger partial charge < -0.3 is 14.6 Å². The van der Waals surface area contributed by atoms with Crippen LogP contribution in [0.1, 0.15) is 5.56 Å². The van der Waals surface area contributed by atoms with Gasteiger partial charge in [-0.15, -0.1) is 0 Å². The van der Waals surface area contributed by atoms with Crippen LogP contribution in [-0.2, 0) is 6.18 Å². The molecular weight excluding hydrogens is 289 g/mol. The number of rotatable bonds is 3. The average Bonchev–Trinajstić information content (AvgIpc) is 2.40. The third kappa shape index (κ3) is 3.88. The van der Waals surface area contributed by atoms with E-state index < -0.39 is 17.9 Å². The van der Waals surface area contributed by atoms with Gasteiger partial charge in [0.2, 0.25) is 0 Å². The van der Waals surface area contributed by atoms with Gasteiger partial charge in [0, 0.05) is 0 Å². The lowest BCUT2D eigenvalue weighted by Gasteiger charge is -2.11. The van der Waals surface area contributed by atoms with E-state index >= 15 is 0 Å². The first-order valence-electron chi connectivity index (χ1n) is 5.71. The minimum absolute atomic E-state index is 0.0510. The molecule has 2 rings (SSSR count). The summed E-state index contributed by atoms with van der Waals surface area (Å²) in [5.41, 5.74) is -0.801. The van der Waals surface area contributed by atoms with Crippen LogP contribution in [0.2, 0.25) is 0 Å². The molecule has 0 saturated carbocycles. The molecule has 110 valence electrons. The highest BCUT2D eigenvalue weighted by Crippen LogP contribution is 2.34. The fourth-order valence-electron chi connectivity index (χ4n) is 1.55. The van der Waals surface area contributed by atoms with Crippen LogP contribution >= 0.6 is 0 Å². The van der Waals surface area contributed by atoms with Crippen LogP contribution in [0.25, 0.3) is 0 Å². The summed E-state index contributed by atoms with van der Waals surface area (Å²) >= 11 is 0. The SMILES string of the molecule is O=C(O)Oc1ccccc1Oc1ccc(C(F)(F)F)cc1. The molecule has 1 N–H and O–H groups in total. The van der Waals surface area contributed by atoms with E-state index in [0.29, 0.717) is 0 Å². The Morgan fingerprint density at radius 1 is 0.952 bits per heavy atom. The summed E-state index contributed by atoms with van der Waals surface area (Å²) in [7, 11) is 0. The van der Waals surface area contributed by atoms with Gasteiger partial charge in [0.05, 0.1) is 5.56 Å². The fourth-order valence-corrected chi connectivity index (χ4v) is 1.55. The van der Waals surface area contributed by atoms with Crippen LogP contribution in [0.5, 0.6) is 17.2 Å². The summed E-state index contributed by atoms with van der Waals surface area (Å²) in [5.74, 6) is 0.161. The van der Waals surface area contributed by atoms with E-state index in [0.717, 1.165) is 24.3 Å². The largest absolute Gasteiger partial charge is 0.511 e. The Balaban J connectivity index is 2.20. The summed E-state index contributed by atoms with van der Waals surface area (Å²) in [5, 5.41) is 8.58. The lowest BCUT2D eigenvalue weighted by molar-refractivity contribution is -0.137. The minimum Gasteiger partial charge on any atom is -0.453 e. The maximum atomic E-state index is 12.4. The van der Waals surface area contributed by atoms with Gasteiger partial charge in [-0.05, 0) is 36.4 Å². The third-order valence-corrected chi connectivity index (χ3v) is 2.46. The minimum atomic E-state index is -4.43. The Hall–Kier alpha value is -2.70. The zero-order chi connectivity index (χ0) is 15.5. The molecule has 0 spiro atoms. The number of hydrogen-bond acceptors (Lipinski definition) is 3. The Kier molecular flexibility index (Phi) is 4.02. The van der Waals surface area contributed by atoms with Gasteiger partial charge in [-0.3, -0.25) is 0 Å². The van der Waals surface area contributed by atoms with E-state index in [1.807, 2.05) is 0 Å². The average molecular weight is 298 g/mol. The molecule has 0 atom stereocenters. The quantitative estimate of drug-likeness (QED) is 0.667. The number of alkyl halides is 3. The second kappa shape index (κ2) is 5.74. The number of carboxylic acid groups (broad SMARTS) is 1. The molecule has 4 nitrogen and oxygen atoms in total. The Bertz CT molecular complexity index is 635. The predicted molar refractivity (Wildman–Crippen MR) is 66.6 cm³/mol. The van der Waals surface area contributed by atoms with Crippen molar-refractivity contribution in [3.8, 4) is 17.2 Å². The molecule has 21 heavy (non-hydrogen) atoms. The molecular formula is C14H9F3O4. The Morgan fingerprint density at radius 2 is 1.52 bits per heavy atom. The van der Waals surface area contributed by atoms with Gasteiger partial charge in [-0.1, -0.05) is 12.1 Å². The highest BCUT2D eigenvalue weighted by atomic mass is 19.4. The standard InChI is InChI=1S/C14H9F3O4/c15-14(16,17)9-5-7-10(8-6-9)20-11-3-1-2-4-12(11)21-13(18)19/h1-8H,(H,18,19). The van der Waals surface area contributed by atoms with E-state index in [4.69, 9.17) is 9.84 Å². The van der Waals surface area contributed by atoms with Crippen LogP contribution in [0.15, 0.2) is 48.5 Å². The summed E-state index contributed by atoms with van der Waals surface area (Å²) in [6.07, 6.45) is -5.94. The van der Waals surface area contributed by atoms with Gasteiger partial charge in [-0.25, -0.2) is 4.79 Å². The topological polar surface area (TPSA) is 55.8 Å². The molecule has 0 aliphatic carbocycles. The maximum absolute atomic E-state index is 12.4. The number of benzene rings is 2. The molecule has 0 unspecified atom stereocenters. The van der Waals surface area contributed by atoms with E-state index in [-0.39, 0.29) is 17.2 Å². The first-order valence-corrected chi connectivity index (χ1v) is 5.71. The molecule has 0 radical (unpaired) electrons. The van der Waals surface area contributed by atoms with Crippen molar-refractivity contribution >= 4 is 6.16 Å². The number of para-hydroxylation sites is 2. The van der Waals surface area contributed by atoms with Gasteiger partial charge in [-0.2, -0.15) is 13.2 Å². The second-order valence-electron chi connectivity index (χ2n) is 3.94. The number of ether oxygens (including phenoxy) is 2. The van der Waals surface area contributed by atoms with E-state index in [1.54, 1.807) is 6.07 Å². The van der Waals surface area contributed by atoms with Crippen molar-refractivity contribution in [1.82, 2.24) is 0 Å². The highest BCUT2D eigenvalue weighted by molar-refractivity contribution is 5.63. The zero-order valence-electron chi connectivity index (χ0n) is 10.4. The van der Waals surface area contributed by atoms with Crippen LogP contribution < -0.4 is 9.47 Å². The van der Waals surface area contributed by atoms with E-state index in [2.05, 4.69) is 4.74 Å². The smallest absolute Gasteiger partial charge is 0.453 e. The van der Waals surface area contributed by atoms with Crippen molar-refractivity contribution in [2.45, 2.75) is 6.18 Å². The normalized spacial score (nSPS) is 11.0. The molecule has 0 aliphatic rings. The zero-order valence-corrected chi connectivity index (χ0v) is 10.4. The molecule has 0 fully saturated rings. The molecule has 0 heterocycles. The number of hydrogen-bond donors (Lipinski definition) is 1. The fraction of sp³-hybridized carbons (Fsp3) is 0.0714. The van der Waals surface area contributed by atoms with E-state index in [9.17, 15) is 18.0 Å². The van der Waals surface area contributed by atoms with E-state index in [1.165, 1.54) is 18.2 Å². The summed E-state index contributed by atoms with van der Waals surface area (Å²) < 4.78 is 47.1. The first kappa shape index (κ1) is 14.7. The van der Waals surface area contributed by atoms with Crippen molar-refractivity contribution in [2.75, 3.05) is 0 Å². The summed E-state index contributed by atoms with van der Waals surface area (Å²) in [4.78, 5) is 10.5. The third-order valence-electron chi connectivity index (χ3n) is 2.46. The summed E-state index contributed by atoms with van der Waals surface area (Å²) in [6, 6.07) is 9.95. The molecule has 2 aromatic rings. The van der Waals surface area contributed by atoms with Crippen LogP contribution in [0, 0.1) is 0 Å². The van der Waals surface area contributed by atoms with Gasteiger partial charge in [0.25, 0.3) is 0 Å². The number of carbonyl (C=O) groups is 1. The Morgan fingerprint density at radius 3 is 2.05 bits per heavy atom. The molecule has 0 bridgehead atoms. The molecule has 0 aromatic heterocycles. The molecule has 0 amide bonds. The Labute approximate surface area is 117 Å². The van der Waals surface area contributed by atoms with Crippen molar-refractivity contribution in [3.63, 3.8) is 0 Å². The van der Waals surface area contributed by atoms with Crippen molar-refractivity contribution in [1.29, 1.82) is 0 Å². The lowest BCUT2D eigenvalue weighted by atomic mass is 10.2. The predicted octanol–water partition coefficient (Wildman–Crippen LogP) is 4.55. The van der Waals surface area contributed by atoms with Gasteiger partial charge >= 0.3 is 12.3 Å². The molecule has 7 heteroatoms. The van der Waals surface area contributed by atoms with Crippen LogP contribution in [0.4, 0.5) is 18.0 Å².